The molecule has 1 N–H and O–H groups in total. The van der Waals surface area contributed by atoms with Crippen molar-refractivity contribution in [2.24, 2.45) is 0 Å². The highest BCUT2D eigenvalue weighted by Gasteiger charge is 2.27. The molecular formula is C11H11NO2S. The molecule has 2 rings (SSSR count). The molecule has 1 amide bonds. The van der Waals surface area contributed by atoms with E-state index in [4.69, 9.17) is 0 Å². The van der Waals surface area contributed by atoms with Crippen LogP contribution < -0.4 is 5.32 Å². The summed E-state index contributed by atoms with van der Waals surface area (Å²) in [4.78, 5) is 23.1. The Labute approximate surface area is 92.2 Å². The van der Waals surface area contributed by atoms with Gasteiger partial charge in [0.1, 0.15) is 0 Å². The molecule has 1 aromatic rings. The highest BCUT2D eigenvalue weighted by Crippen LogP contribution is 2.22. The largest absolute Gasteiger partial charge is 0.352 e. The molecule has 0 saturated carbocycles. The average Bonchev–Trinajstić information content (AvgIpc) is 2.17. The number of rotatable bonds is 3. The number of hydrogen-bond donors (Lipinski definition) is 1. The van der Waals surface area contributed by atoms with Gasteiger partial charge in [-0.2, -0.15) is 0 Å². The minimum absolute atomic E-state index is 0.0394. The smallest absolute Gasteiger partial charge is 0.222 e. The summed E-state index contributed by atoms with van der Waals surface area (Å²) < 4.78 is 0. The SMILES string of the molecule is O=C1C[C@H](CC(=O)Sc2ccccc2)N1. The Morgan fingerprint density at radius 3 is 2.67 bits per heavy atom. The van der Waals surface area contributed by atoms with E-state index in [-0.39, 0.29) is 17.1 Å². The van der Waals surface area contributed by atoms with Crippen molar-refractivity contribution < 1.29 is 9.59 Å². The molecule has 1 saturated heterocycles. The number of nitrogens with one attached hydrogen (secondary N) is 1. The van der Waals surface area contributed by atoms with Crippen LogP contribution in [0.2, 0.25) is 0 Å². The maximum absolute atomic E-state index is 11.5. The molecule has 1 aliphatic heterocycles. The minimum atomic E-state index is 0.0394. The molecule has 1 aliphatic rings. The highest BCUT2D eigenvalue weighted by atomic mass is 32.2. The van der Waals surface area contributed by atoms with Crippen LogP contribution in [0.1, 0.15) is 12.8 Å². The van der Waals surface area contributed by atoms with Gasteiger partial charge in [-0.25, -0.2) is 0 Å². The molecule has 0 spiro atoms. The molecule has 0 aliphatic carbocycles. The van der Waals surface area contributed by atoms with E-state index >= 15 is 0 Å². The summed E-state index contributed by atoms with van der Waals surface area (Å²) >= 11 is 1.23. The number of carbonyl (C=O) groups is 2. The fourth-order valence-electron chi connectivity index (χ4n) is 1.42. The van der Waals surface area contributed by atoms with Gasteiger partial charge in [-0.15, -0.1) is 0 Å². The standard InChI is InChI=1S/C11H11NO2S/c13-10-6-8(12-10)7-11(14)15-9-4-2-1-3-5-9/h1-5,8H,6-7H2,(H,12,13)/t8-/m1/s1. The Morgan fingerprint density at radius 1 is 1.40 bits per heavy atom. The molecule has 0 radical (unpaired) electrons. The topological polar surface area (TPSA) is 46.2 Å². The molecule has 3 nitrogen and oxygen atoms in total. The summed E-state index contributed by atoms with van der Waals surface area (Å²) in [6.45, 7) is 0. The van der Waals surface area contributed by atoms with E-state index < -0.39 is 0 Å². The molecule has 1 aromatic carbocycles. The summed E-state index contributed by atoms with van der Waals surface area (Å²) in [5.41, 5.74) is 0. The van der Waals surface area contributed by atoms with Crippen molar-refractivity contribution >= 4 is 22.8 Å². The maximum Gasteiger partial charge on any atom is 0.222 e. The number of carbonyl (C=O) groups excluding carboxylic acids is 2. The first kappa shape index (κ1) is 10.2. The zero-order chi connectivity index (χ0) is 10.7. The molecule has 0 bridgehead atoms. The van der Waals surface area contributed by atoms with Crippen LogP contribution in [-0.2, 0) is 9.59 Å². The fourth-order valence-corrected chi connectivity index (χ4v) is 2.26. The zero-order valence-corrected chi connectivity index (χ0v) is 8.92. The zero-order valence-electron chi connectivity index (χ0n) is 8.10. The molecule has 4 heteroatoms. The van der Waals surface area contributed by atoms with E-state index in [1.54, 1.807) is 0 Å². The van der Waals surface area contributed by atoms with Gasteiger partial charge < -0.3 is 5.32 Å². The Kier molecular flexibility index (Phi) is 3.06. The van der Waals surface area contributed by atoms with Gasteiger partial charge in [0.2, 0.25) is 5.91 Å². The van der Waals surface area contributed by atoms with Crippen molar-refractivity contribution in [3.8, 4) is 0 Å². The number of β-lactam (4-membered cyclic amide) rings is 1. The van der Waals surface area contributed by atoms with Gasteiger partial charge in [0.15, 0.2) is 5.12 Å². The van der Waals surface area contributed by atoms with Crippen molar-refractivity contribution in [1.29, 1.82) is 0 Å². The Hall–Kier alpha value is -1.29. The third-order valence-electron chi connectivity index (χ3n) is 2.18. The molecule has 1 heterocycles. The van der Waals surface area contributed by atoms with Crippen LogP contribution in [0.15, 0.2) is 35.2 Å². The lowest BCUT2D eigenvalue weighted by atomic mass is 10.0. The first-order chi connectivity index (χ1) is 7.24. The first-order valence-corrected chi connectivity index (χ1v) is 5.61. The van der Waals surface area contributed by atoms with Crippen LogP contribution in [0.25, 0.3) is 0 Å². The molecular weight excluding hydrogens is 210 g/mol. The second-order valence-electron chi connectivity index (χ2n) is 3.46. The lowest BCUT2D eigenvalue weighted by Gasteiger charge is -2.25. The predicted octanol–water partition coefficient (Wildman–Crippen LogP) is 1.58. The summed E-state index contributed by atoms with van der Waals surface area (Å²) in [5, 5.41) is 2.79. The Balaban J connectivity index is 1.80. The molecule has 78 valence electrons. The minimum Gasteiger partial charge on any atom is -0.352 e. The molecule has 1 fully saturated rings. The van der Waals surface area contributed by atoms with Crippen molar-refractivity contribution in [2.75, 3.05) is 0 Å². The van der Waals surface area contributed by atoms with Crippen molar-refractivity contribution in [2.45, 2.75) is 23.8 Å². The van der Waals surface area contributed by atoms with Crippen molar-refractivity contribution in [1.82, 2.24) is 5.32 Å². The third kappa shape index (κ3) is 2.83. The number of hydrogen-bond acceptors (Lipinski definition) is 3. The molecule has 0 aromatic heterocycles. The lowest BCUT2D eigenvalue weighted by molar-refractivity contribution is -0.128. The lowest BCUT2D eigenvalue weighted by Crippen LogP contribution is -2.49. The number of amides is 1. The Morgan fingerprint density at radius 2 is 2.07 bits per heavy atom. The van der Waals surface area contributed by atoms with Crippen LogP contribution in [0, 0.1) is 0 Å². The van der Waals surface area contributed by atoms with Crippen LogP contribution in [0.4, 0.5) is 0 Å². The number of thioether (sulfide) groups is 1. The average molecular weight is 221 g/mol. The van der Waals surface area contributed by atoms with Gasteiger partial charge in [-0.1, -0.05) is 30.0 Å². The monoisotopic (exact) mass is 221 g/mol. The Bertz CT molecular complexity index is 369. The summed E-state index contributed by atoms with van der Waals surface area (Å²) in [6, 6.07) is 9.59. The second kappa shape index (κ2) is 4.49. The highest BCUT2D eigenvalue weighted by molar-refractivity contribution is 8.13. The van der Waals surface area contributed by atoms with E-state index in [0.717, 1.165) is 4.90 Å². The number of benzene rings is 1. The summed E-state index contributed by atoms with van der Waals surface area (Å²) in [5.74, 6) is 0.0394. The van der Waals surface area contributed by atoms with E-state index in [0.29, 0.717) is 12.8 Å². The summed E-state index contributed by atoms with van der Waals surface area (Å²) in [6.07, 6.45) is 0.909. The molecule has 0 unspecified atom stereocenters. The van der Waals surface area contributed by atoms with Crippen LogP contribution in [0.3, 0.4) is 0 Å². The normalized spacial score (nSPS) is 19.2. The maximum atomic E-state index is 11.5. The van der Waals surface area contributed by atoms with Crippen LogP contribution in [0.5, 0.6) is 0 Å². The van der Waals surface area contributed by atoms with Gasteiger partial charge in [0, 0.05) is 23.8 Å². The van der Waals surface area contributed by atoms with Gasteiger partial charge >= 0.3 is 0 Å². The van der Waals surface area contributed by atoms with Crippen LogP contribution in [-0.4, -0.2) is 17.1 Å². The van der Waals surface area contributed by atoms with Gasteiger partial charge in [-0.05, 0) is 12.1 Å². The van der Waals surface area contributed by atoms with Gasteiger partial charge in [0.25, 0.3) is 0 Å². The van der Waals surface area contributed by atoms with Gasteiger partial charge in [-0.3, -0.25) is 9.59 Å². The van der Waals surface area contributed by atoms with Crippen LogP contribution >= 0.6 is 11.8 Å². The van der Waals surface area contributed by atoms with Gasteiger partial charge in [0.05, 0.1) is 0 Å². The molecule has 1 atom stereocenters. The van der Waals surface area contributed by atoms with E-state index in [1.165, 1.54) is 11.8 Å². The van der Waals surface area contributed by atoms with Crippen molar-refractivity contribution in [3.63, 3.8) is 0 Å². The fraction of sp³-hybridized carbons (Fsp3) is 0.273. The second-order valence-corrected chi connectivity index (χ2v) is 4.59. The van der Waals surface area contributed by atoms with Crippen molar-refractivity contribution in [3.05, 3.63) is 30.3 Å². The van der Waals surface area contributed by atoms with E-state index in [1.807, 2.05) is 30.3 Å². The molecule has 15 heavy (non-hydrogen) atoms. The third-order valence-corrected chi connectivity index (χ3v) is 3.09. The quantitative estimate of drug-likeness (QED) is 0.622. The predicted molar refractivity (Wildman–Crippen MR) is 58.5 cm³/mol. The first-order valence-electron chi connectivity index (χ1n) is 4.79. The van der Waals surface area contributed by atoms with E-state index in [2.05, 4.69) is 5.32 Å². The summed E-state index contributed by atoms with van der Waals surface area (Å²) in [7, 11) is 0. The van der Waals surface area contributed by atoms with E-state index in [9.17, 15) is 9.59 Å².